The Morgan fingerprint density at radius 1 is 1.45 bits per heavy atom. The fourth-order valence-corrected chi connectivity index (χ4v) is 3.60. The maximum Gasteiger partial charge on any atom is 0.317 e. The summed E-state index contributed by atoms with van der Waals surface area (Å²) < 4.78 is 0.985. The van der Waals surface area contributed by atoms with Gasteiger partial charge in [0.2, 0.25) is 0 Å². The van der Waals surface area contributed by atoms with Gasteiger partial charge in [0.25, 0.3) is 0 Å². The van der Waals surface area contributed by atoms with Gasteiger partial charge in [-0.15, -0.1) is 0 Å². The van der Waals surface area contributed by atoms with Crippen LogP contribution in [-0.2, 0) is 6.54 Å². The number of carbonyl (C=O) groups excluding carboxylic acids is 1. The number of hydrogen-bond acceptors (Lipinski definition) is 3. The summed E-state index contributed by atoms with van der Waals surface area (Å²) in [5, 5.41) is 13.0. The van der Waals surface area contributed by atoms with Gasteiger partial charge in [-0.3, -0.25) is 4.90 Å². The Morgan fingerprint density at radius 2 is 2.25 bits per heavy atom. The van der Waals surface area contributed by atoms with Crippen LogP contribution in [0.1, 0.15) is 11.1 Å². The van der Waals surface area contributed by atoms with Gasteiger partial charge in [0.05, 0.1) is 6.04 Å². The first-order valence-corrected chi connectivity index (χ1v) is 7.58. The highest BCUT2D eigenvalue weighted by molar-refractivity contribution is 9.10. The maximum atomic E-state index is 11.6. The number of amides is 2. The Hall–Kier alpha value is -1.27. The molecule has 0 bridgehead atoms. The smallest absolute Gasteiger partial charge is 0.317 e. The Labute approximate surface area is 126 Å². The zero-order valence-corrected chi connectivity index (χ0v) is 13.0. The number of hydrogen-bond donors (Lipinski definition) is 2. The zero-order valence-electron chi connectivity index (χ0n) is 11.4. The number of nitrogens with zero attached hydrogens (tertiary/aromatic N) is 2. The molecule has 3 rings (SSSR count). The van der Waals surface area contributed by atoms with E-state index in [0.717, 1.165) is 41.8 Å². The predicted octanol–water partition coefficient (Wildman–Crippen LogP) is 1.67. The number of phenols is 1. The summed E-state index contributed by atoms with van der Waals surface area (Å²) in [4.78, 5) is 15.8. The highest BCUT2D eigenvalue weighted by Gasteiger charge is 2.35. The number of halogens is 1. The van der Waals surface area contributed by atoms with Crippen molar-refractivity contribution in [1.29, 1.82) is 0 Å². The number of fused-ring (bicyclic) bond motifs is 1. The van der Waals surface area contributed by atoms with Crippen molar-refractivity contribution in [2.75, 3.05) is 26.2 Å². The van der Waals surface area contributed by atoms with Crippen molar-refractivity contribution >= 4 is 22.0 Å². The minimum absolute atomic E-state index is 0.0517. The molecule has 108 valence electrons. The lowest BCUT2D eigenvalue weighted by Crippen LogP contribution is -2.51. The Bertz CT molecular complexity index is 549. The molecule has 2 N–H and O–H groups in total. The molecule has 0 radical (unpaired) electrons. The first-order chi connectivity index (χ1) is 9.54. The molecule has 0 spiro atoms. The van der Waals surface area contributed by atoms with Crippen LogP contribution in [0.15, 0.2) is 16.6 Å². The van der Waals surface area contributed by atoms with E-state index in [1.165, 1.54) is 0 Å². The van der Waals surface area contributed by atoms with Crippen molar-refractivity contribution in [3.63, 3.8) is 0 Å². The molecule has 0 aromatic heterocycles. The van der Waals surface area contributed by atoms with Crippen LogP contribution in [0.2, 0.25) is 0 Å². The van der Waals surface area contributed by atoms with E-state index in [-0.39, 0.29) is 12.1 Å². The summed E-state index contributed by atoms with van der Waals surface area (Å²) in [7, 11) is 0. The Morgan fingerprint density at radius 3 is 3.05 bits per heavy atom. The van der Waals surface area contributed by atoms with E-state index in [9.17, 15) is 9.90 Å². The Balaban J connectivity index is 1.72. The van der Waals surface area contributed by atoms with Crippen LogP contribution in [0.3, 0.4) is 0 Å². The fourth-order valence-electron chi connectivity index (χ4n) is 2.98. The molecule has 5 nitrogen and oxygen atoms in total. The normalized spacial score (nSPS) is 22.8. The van der Waals surface area contributed by atoms with E-state index >= 15 is 0 Å². The van der Waals surface area contributed by atoms with Gasteiger partial charge in [-0.05, 0) is 24.6 Å². The van der Waals surface area contributed by atoms with E-state index in [2.05, 4.69) is 26.1 Å². The first kappa shape index (κ1) is 13.7. The van der Waals surface area contributed by atoms with Gasteiger partial charge >= 0.3 is 6.03 Å². The van der Waals surface area contributed by atoms with Crippen molar-refractivity contribution in [2.24, 2.45) is 0 Å². The molecule has 0 saturated carbocycles. The van der Waals surface area contributed by atoms with Gasteiger partial charge in [-0.25, -0.2) is 4.79 Å². The lowest BCUT2D eigenvalue weighted by molar-refractivity contribution is 0.116. The van der Waals surface area contributed by atoms with Gasteiger partial charge in [0.15, 0.2) is 0 Å². The van der Waals surface area contributed by atoms with Crippen LogP contribution in [0.25, 0.3) is 0 Å². The Kier molecular flexibility index (Phi) is 3.60. The molecule has 2 heterocycles. The summed E-state index contributed by atoms with van der Waals surface area (Å²) >= 11 is 3.47. The molecule has 20 heavy (non-hydrogen) atoms. The highest BCUT2D eigenvalue weighted by atomic mass is 79.9. The molecule has 1 aromatic rings. The van der Waals surface area contributed by atoms with Crippen LogP contribution in [0, 0.1) is 6.92 Å². The third-order valence-corrected chi connectivity index (χ3v) is 4.51. The molecule has 2 saturated heterocycles. The number of benzene rings is 1. The highest BCUT2D eigenvalue weighted by Crippen LogP contribution is 2.28. The molecule has 1 unspecified atom stereocenters. The number of rotatable bonds is 2. The van der Waals surface area contributed by atoms with E-state index in [1.54, 1.807) is 0 Å². The third kappa shape index (κ3) is 2.50. The minimum Gasteiger partial charge on any atom is -0.507 e. The molecule has 2 amide bonds. The second-order valence-corrected chi connectivity index (χ2v) is 6.41. The van der Waals surface area contributed by atoms with Crippen molar-refractivity contribution in [1.82, 2.24) is 15.1 Å². The second kappa shape index (κ2) is 5.26. The second-order valence-electron chi connectivity index (χ2n) is 5.50. The van der Waals surface area contributed by atoms with Gasteiger partial charge < -0.3 is 15.3 Å². The molecule has 6 heteroatoms. The standard InChI is InChI=1S/C14H18BrN3O2/c1-9-4-11(15)5-10(13(9)19)7-17-2-3-18-12(8-17)6-16-14(18)20/h4-5,12,19H,2-3,6-8H2,1H3,(H,16,20). The predicted molar refractivity (Wildman–Crippen MR) is 79.7 cm³/mol. The summed E-state index contributed by atoms with van der Waals surface area (Å²) in [6.07, 6.45) is 0. The van der Waals surface area contributed by atoms with Crippen LogP contribution < -0.4 is 5.32 Å². The molecule has 1 atom stereocenters. The van der Waals surface area contributed by atoms with Gasteiger partial charge in [-0.1, -0.05) is 15.9 Å². The number of urea groups is 1. The summed E-state index contributed by atoms with van der Waals surface area (Å²) in [6.45, 7) is 5.79. The largest absolute Gasteiger partial charge is 0.507 e. The number of piperazine rings is 1. The molecule has 2 aliphatic rings. The van der Waals surface area contributed by atoms with E-state index in [4.69, 9.17) is 0 Å². The number of carbonyl (C=O) groups is 1. The minimum atomic E-state index is 0.0517. The monoisotopic (exact) mass is 339 g/mol. The van der Waals surface area contributed by atoms with Crippen molar-refractivity contribution in [3.8, 4) is 5.75 Å². The van der Waals surface area contributed by atoms with E-state index < -0.39 is 0 Å². The van der Waals surface area contributed by atoms with Gasteiger partial charge in [-0.2, -0.15) is 0 Å². The molecular weight excluding hydrogens is 322 g/mol. The van der Waals surface area contributed by atoms with Crippen LogP contribution >= 0.6 is 15.9 Å². The van der Waals surface area contributed by atoms with Gasteiger partial charge in [0, 0.05) is 42.8 Å². The lowest BCUT2D eigenvalue weighted by Gasteiger charge is -2.36. The number of aryl methyl sites for hydroxylation is 1. The zero-order chi connectivity index (χ0) is 14.3. The maximum absolute atomic E-state index is 11.6. The average molecular weight is 340 g/mol. The summed E-state index contributed by atoms with van der Waals surface area (Å²) in [5.41, 5.74) is 1.81. The van der Waals surface area contributed by atoms with Crippen LogP contribution in [-0.4, -0.2) is 53.2 Å². The average Bonchev–Trinajstić information content (AvgIpc) is 2.77. The quantitative estimate of drug-likeness (QED) is 0.861. The molecular formula is C14H18BrN3O2. The molecule has 2 aliphatic heterocycles. The topological polar surface area (TPSA) is 55.8 Å². The van der Waals surface area contributed by atoms with E-state index in [0.29, 0.717) is 12.3 Å². The van der Waals surface area contributed by atoms with Crippen molar-refractivity contribution in [2.45, 2.75) is 19.5 Å². The number of aromatic hydroxyl groups is 1. The molecule has 2 fully saturated rings. The fraction of sp³-hybridized carbons (Fsp3) is 0.500. The van der Waals surface area contributed by atoms with Crippen LogP contribution in [0.4, 0.5) is 4.79 Å². The van der Waals surface area contributed by atoms with E-state index in [1.807, 2.05) is 24.0 Å². The number of phenolic OH excluding ortho intramolecular Hbond substituents is 1. The van der Waals surface area contributed by atoms with Gasteiger partial charge in [0.1, 0.15) is 5.75 Å². The molecule has 0 aliphatic carbocycles. The SMILES string of the molecule is Cc1cc(Br)cc(CN2CCN3C(=O)NCC3C2)c1O. The first-order valence-electron chi connectivity index (χ1n) is 6.79. The lowest BCUT2D eigenvalue weighted by atomic mass is 10.1. The molecule has 1 aromatic carbocycles. The third-order valence-electron chi connectivity index (χ3n) is 4.05. The van der Waals surface area contributed by atoms with Crippen molar-refractivity contribution < 1.29 is 9.90 Å². The van der Waals surface area contributed by atoms with Crippen molar-refractivity contribution in [3.05, 3.63) is 27.7 Å². The summed E-state index contributed by atoms with van der Waals surface area (Å²) in [5.74, 6) is 0.372. The number of nitrogens with one attached hydrogen (secondary N) is 1. The summed E-state index contributed by atoms with van der Waals surface area (Å²) in [6, 6.07) is 4.19. The van der Waals surface area contributed by atoms with Crippen LogP contribution in [0.5, 0.6) is 5.75 Å².